The van der Waals surface area contributed by atoms with E-state index < -0.39 is 0 Å². The summed E-state index contributed by atoms with van der Waals surface area (Å²) in [6.45, 7) is 6.16. The van der Waals surface area contributed by atoms with Gasteiger partial charge in [0.15, 0.2) is 0 Å². The van der Waals surface area contributed by atoms with Crippen LogP contribution in [-0.2, 0) is 26.8 Å². The molecule has 0 aliphatic heterocycles. The van der Waals surface area contributed by atoms with E-state index in [4.69, 9.17) is 17.3 Å². The van der Waals surface area contributed by atoms with Gasteiger partial charge in [0, 0.05) is 31.9 Å². The smallest absolute Gasteiger partial charge is 0.262 e. The van der Waals surface area contributed by atoms with Gasteiger partial charge in [0.2, 0.25) is 10.5 Å². The summed E-state index contributed by atoms with van der Waals surface area (Å²) in [4.78, 5) is 15.3. The fourth-order valence-corrected chi connectivity index (χ4v) is 3.97. The molecule has 0 aliphatic carbocycles. The number of aryl methyl sites for hydroxylation is 2. The second-order valence-corrected chi connectivity index (χ2v) is 8.62. The molecule has 0 N–H and O–H groups in total. The van der Waals surface area contributed by atoms with E-state index >= 15 is 0 Å². The molecular formula is C21H27N7OS. The van der Waals surface area contributed by atoms with E-state index in [0.717, 1.165) is 24.0 Å². The minimum Gasteiger partial charge on any atom is -0.283 e. The first kappa shape index (κ1) is 20.5. The molecule has 0 saturated heterocycles. The van der Waals surface area contributed by atoms with Crippen molar-refractivity contribution in [2.45, 2.75) is 40.0 Å². The predicted octanol–water partition coefficient (Wildman–Crippen LogP) is 3.05. The van der Waals surface area contributed by atoms with Crippen LogP contribution in [0.25, 0.3) is 16.7 Å². The van der Waals surface area contributed by atoms with Crippen LogP contribution in [-0.4, -0.2) is 40.5 Å². The van der Waals surface area contributed by atoms with Gasteiger partial charge >= 0.3 is 0 Å². The van der Waals surface area contributed by atoms with Gasteiger partial charge in [0.05, 0.1) is 23.8 Å². The zero-order chi connectivity index (χ0) is 21.4. The Hall–Kier alpha value is -2.78. The van der Waals surface area contributed by atoms with Gasteiger partial charge in [-0.3, -0.25) is 23.3 Å². The highest BCUT2D eigenvalue weighted by atomic mass is 32.1. The van der Waals surface area contributed by atoms with Crippen molar-refractivity contribution in [3.8, 4) is 0 Å². The van der Waals surface area contributed by atoms with Crippen LogP contribution in [0.15, 0.2) is 41.5 Å². The number of hydrogen-bond acceptors (Lipinski definition) is 5. The van der Waals surface area contributed by atoms with E-state index in [1.807, 2.05) is 55.2 Å². The van der Waals surface area contributed by atoms with Gasteiger partial charge in [-0.05, 0) is 43.7 Å². The molecule has 30 heavy (non-hydrogen) atoms. The minimum absolute atomic E-state index is 0.0189. The molecule has 158 valence electrons. The van der Waals surface area contributed by atoms with Gasteiger partial charge in [-0.1, -0.05) is 26.0 Å². The summed E-state index contributed by atoms with van der Waals surface area (Å²) in [5.41, 5.74) is 1.90. The number of para-hydroxylation sites is 1. The molecule has 4 rings (SSSR count). The molecule has 0 fully saturated rings. The van der Waals surface area contributed by atoms with Crippen LogP contribution in [0.3, 0.4) is 0 Å². The van der Waals surface area contributed by atoms with Crippen LogP contribution in [0.5, 0.6) is 0 Å². The fourth-order valence-electron chi connectivity index (χ4n) is 3.69. The van der Waals surface area contributed by atoms with Crippen molar-refractivity contribution in [2.75, 3.05) is 7.05 Å². The van der Waals surface area contributed by atoms with Crippen molar-refractivity contribution in [3.63, 3.8) is 0 Å². The SMILES string of the molecule is CC(C)CCn1c(=O)c2ccccc2n2c(=S)n(CN(C)Cc3cnn(C)c3)nc12. The third-order valence-electron chi connectivity index (χ3n) is 5.20. The second-order valence-electron chi connectivity index (χ2n) is 8.25. The van der Waals surface area contributed by atoms with Crippen LogP contribution in [0.2, 0.25) is 0 Å². The number of aromatic nitrogens is 6. The Morgan fingerprint density at radius 2 is 2.00 bits per heavy atom. The van der Waals surface area contributed by atoms with Crippen molar-refractivity contribution in [2.24, 2.45) is 13.0 Å². The van der Waals surface area contributed by atoms with Crippen LogP contribution >= 0.6 is 12.2 Å². The Morgan fingerprint density at radius 1 is 1.23 bits per heavy atom. The van der Waals surface area contributed by atoms with Crippen molar-refractivity contribution in [1.29, 1.82) is 0 Å². The zero-order valence-electron chi connectivity index (χ0n) is 17.8. The van der Waals surface area contributed by atoms with Crippen LogP contribution < -0.4 is 5.56 Å². The molecule has 0 aliphatic rings. The first-order chi connectivity index (χ1) is 14.3. The van der Waals surface area contributed by atoms with Gasteiger partial charge in [0.1, 0.15) is 0 Å². The van der Waals surface area contributed by atoms with E-state index in [1.165, 1.54) is 0 Å². The standard InChI is InChI=1S/C21H27N7OS/c1-15(2)9-10-26-19(29)17-7-5-6-8-18(17)28-20(26)23-27(21(28)30)14-24(3)12-16-11-22-25(4)13-16/h5-8,11,13,15H,9-10,12,14H2,1-4H3. The van der Waals surface area contributed by atoms with Crippen molar-refractivity contribution in [1.82, 2.24) is 33.4 Å². The molecule has 0 amide bonds. The molecule has 0 radical (unpaired) electrons. The van der Waals surface area contributed by atoms with Crippen LogP contribution in [0.1, 0.15) is 25.8 Å². The van der Waals surface area contributed by atoms with Gasteiger partial charge in [-0.25, -0.2) is 4.68 Å². The Kier molecular flexibility index (Phi) is 5.57. The van der Waals surface area contributed by atoms with Gasteiger partial charge < -0.3 is 0 Å². The van der Waals surface area contributed by atoms with Crippen LogP contribution in [0, 0.1) is 10.7 Å². The summed E-state index contributed by atoms with van der Waals surface area (Å²) < 4.78 is 7.84. The molecule has 3 heterocycles. The fraction of sp³-hybridized carbons (Fsp3) is 0.429. The Labute approximate surface area is 180 Å². The quantitative estimate of drug-likeness (QED) is 0.426. The molecule has 0 saturated carbocycles. The molecule has 9 heteroatoms. The number of fused-ring (bicyclic) bond motifs is 3. The molecule has 1 aromatic carbocycles. The van der Waals surface area contributed by atoms with Gasteiger partial charge in [-0.2, -0.15) is 5.10 Å². The van der Waals surface area contributed by atoms with E-state index in [1.54, 1.807) is 13.9 Å². The number of nitrogens with zero attached hydrogens (tertiary/aromatic N) is 7. The molecule has 0 bridgehead atoms. The van der Waals surface area contributed by atoms with Crippen molar-refractivity contribution < 1.29 is 0 Å². The molecule has 4 aromatic rings. The molecular weight excluding hydrogens is 398 g/mol. The first-order valence-corrected chi connectivity index (χ1v) is 10.5. The minimum atomic E-state index is -0.0189. The number of hydrogen-bond donors (Lipinski definition) is 0. The largest absolute Gasteiger partial charge is 0.283 e. The number of rotatable bonds is 7. The van der Waals surface area contributed by atoms with Crippen LogP contribution in [0.4, 0.5) is 0 Å². The average Bonchev–Trinajstić information content (AvgIpc) is 3.24. The number of benzene rings is 1. The molecule has 0 spiro atoms. The first-order valence-electron chi connectivity index (χ1n) is 10.1. The summed E-state index contributed by atoms with van der Waals surface area (Å²) in [5, 5.41) is 9.65. The highest BCUT2D eigenvalue weighted by Gasteiger charge is 2.16. The van der Waals surface area contributed by atoms with Crippen molar-refractivity contribution in [3.05, 3.63) is 57.3 Å². The summed E-state index contributed by atoms with van der Waals surface area (Å²) in [6.07, 6.45) is 4.75. The summed E-state index contributed by atoms with van der Waals surface area (Å²) in [5.74, 6) is 1.08. The second kappa shape index (κ2) is 8.16. The maximum Gasteiger partial charge on any atom is 0.262 e. The average molecular weight is 426 g/mol. The topological polar surface area (TPSA) is 65.3 Å². The maximum atomic E-state index is 13.2. The summed E-state index contributed by atoms with van der Waals surface area (Å²) in [6, 6.07) is 7.60. The summed E-state index contributed by atoms with van der Waals surface area (Å²) >= 11 is 5.79. The van der Waals surface area contributed by atoms with E-state index in [0.29, 0.717) is 35.1 Å². The van der Waals surface area contributed by atoms with E-state index in [2.05, 4.69) is 23.8 Å². The lowest BCUT2D eigenvalue weighted by Gasteiger charge is -2.14. The van der Waals surface area contributed by atoms with Gasteiger partial charge in [-0.15, -0.1) is 5.10 Å². The lowest BCUT2D eigenvalue weighted by molar-refractivity contribution is 0.244. The third-order valence-corrected chi connectivity index (χ3v) is 5.59. The Morgan fingerprint density at radius 3 is 2.70 bits per heavy atom. The Bertz CT molecular complexity index is 1310. The van der Waals surface area contributed by atoms with Crippen molar-refractivity contribution >= 4 is 28.9 Å². The lowest BCUT2D eigenvalue weighted by Crippen LogP contribution is -2.24. The molecule has 0 unspecified atom stereocenters. The maximum absolute atomic E-state index is 13.2. The highest BCUT2D eigenvalue weighted by Crippen LogP contribution is 2.16. The predicted molar refractivity (Wildman–Crippen MR) is 120 cm³/mol. The highest BCUT2D eigenvalue weighted by molar-refractivity contribution is 7.71. The third kappa shape index (κ3) is 3.82. The van der Waals surface area contributed by atoms with E-state index in [-0.39, 0.29) is 5.56 Å². The van der Waals surface area contributed by atoms with E-state index in [9.17, 15) is 4.79 Å². The monoisotopic (exact) mass is 425 g/mol. The zero-order valence-corrected chi connectivity index (χ0v) is 18.6. The lowest BCUT2D eigenvalue weighted by atomic mass is 10.1. The molecule has 8 nitrogen and oxygen atoms in total. The molecule has 3 aromatic heterocycles. The van der Waals surface area contributed by atoms with Gasteiger partial charge in [0.25, 0.3) is 5.56 Å². The Balaban J connectivity index is 1.79. The summed E-state index contributed by atoms with van der Waals surface area (Å²) in [7, 11) is 3.92. The molecule has 0 atom stereocenters. The normalized spacial score (nSPS) is 12.1.